The molecule has 3 rings (SSSR count). The molecule has 1 aromatic carbocycles. The number of nitrogens with zero attached hydrogens (tertiary/aromatic N) is 4. The highest BCUT2D eigenvalue weighted by Crippen LogP contribution is 2.27. The first kappa shape index (κ1) is 12.4. The average molecular weight is 288 g/mol. The van der Waals surface area contributed by atoms with Crippen LogP contribution in [0.15, 0.2) is 28.7 Å². The molecule has 7 nitrogen and oxygen atoms in total. The van der Waals surface area contributed by atoms with Crippen LogP contribution in [0.2, 0.25) is 0 Å². The zero-order valence-electron chi connectivity index (χ0n) is 10.3. The van der Waals surface area contributed by atoms with Gasteiger partial charge in [-0.2, -0.15) is 0 Å². The Labute approximate surface area is 117 Å². The van der Waals surface area contributed by atoms with Gasteiger partial charge in [-0.05, 0) is 42.7 Å². The molecule has 0 spiro atoms. The fraction of sp³-hybridized carbons (Fsp3) is 0.0833. The van der Waals surface area contributed by atoms with Gasteiger partial charge in [-0.15, -0.1) is 15.3 Å². The van der Waals surface area contributed by atoms with Crippen molar-refractivity contribution in [3.63, 3.8) is 0 Å². The van der Waals surface area contributed by atoms with E-state index in [-0.39, 0.29) is 5.56 Å². The summed E-state index contributed by atoms with van der Waals surface area (Å²) in [5, 5.41) is 20.6. The average Bonchev–Trinajstić information content (AvgIpc) is 3.07. The lowest BCUT2D eigenvalue weighted by atomic mass is 10.1. The molecule has 2 heterocycles. The van der Waals surface area contributed by atoms with Crippen LogP contribution in [0.4, 0.5) is 0 Å². The van der Waals surface area contributed by atoms with Crippen LogP contribution in [0.1, 0.15) is 16.1 Å². The van der Waals surface area contributed by atoms with Crippen LogP contribution in [0.3, 0.4) is 0 Å². The summed E-state index contributed by atoms with van der Waals surface area (Å²) in [5.74, 6) is -0.298. The number of hydrogen-bond donors (Lipinski definition) is 1. The summed E-state index contributed by atoms with van der Waals surface area (Å²) in [4.78, 5) is 11.5. The molecule has 20 heavy (non-hydrogen) atoms. The first-order valence-corrected chi connectivity index (χ1v) is 6.39. The highest BCUT2D eigenvalue weighted by molar-refractivity contribution is 7.09. The Balaban J connectivity index is 1.94. The van der Waals surface area contributed by atoms with E-state index in [9.17, 15) is 4.79 Å². The van der Waals surface area contributed by atoms with Crippen molar-refractivity contribution in [1.82, 2.24) is 19.8 Å². The Bertz CT molecular complexity index is 763. The van der Waals surface area contributed by atoms with E-state index in [2.05, 4.69) is 19.8 Å². The minimum atomic E-state index is -0.978. The number of carbonyl (C=O) groups is 1. The molecule has 0 aliphatic heterocycles. The number of hydrogen-bond acceptors (Lipinski definition) is 7. The Hall–Kier alpha value is -2.61. The topological polar surface area (TPSA) is 102 Å². The van der Waals surface area contributed by atoms with Gasteiger partial charge >= 0.3 is 5.97 Å². The summed E-state index contributed by atoms with van der Waals surface area (Å²) in [6.45, 7) is 1.81. The van der Waals surface area contributed by atoms with Crippen LogP contribution in [0, 0.1) is 6.92 Å². The predicted molar refractivity (Wildman–Crippen MR) is 70.3 cm³/mol. The van der Waals surface area contributed by atoms with Crippen LogP contribution >= 0.6 is 11.5 Å². The molecule has 100 valence electrons. The third-order valence-electron chi connectivity index (χ3n) is 2.65. The van der Waals surface area contributed by atoms with Crippen molar-refractivity contribution in [2.75, 3.05) is 0 Å². The smallest absolute Gasteiger partial charge is 0.335 e. The fourth-order valence-corrected chi connectivity index (χ4v) is 2.19. The molecule has 0 aliphatic carbocycles. The SMILES string of the molecule is Cc1nnsc1-c1nnc(-c2ccc(C(=O)O)cc2)o1. The van der Waals surface area contributed by atoms with E-state index in [1.54, 1.807) is 12.1 Å². The van der Waals surface area contributed by atoms with Crippen molar-refractivity contribution in [1.29, 1.82) is 0 Å². The molecule has 0 atom stereocenters. The summed E-state index contributed by atoms with van der Waals surface area (Å²) in [7, 11) is 0. The maximum absolute atomic E-state index is 10.8. The van der Waals surface area contributed by atoms with E-state index in [0.717, 1.165) is 10.6 Å². The molecule has 0 radical (unpaired) electrons. The van der Waals surface area contributed by atoms with Gasteiger partial charge in [0.25, 0.3) is 5.89 Å². The molecule has 0 amide bonds. The van der Waals surface area contributed by atoms with E-state index in [4.69, 9.17) is 9.52 Å². The Morgan fingerprint density at radius 1 is 1.15 bits per heavy atom. The summed E-state index contributed by atoms with van der Waals surface area (Å²) in [6.07, 6.45) is 0. The zero-order valence-corrected chi connectivity index (χ0v) is 11.1. The number of aromatic nitrogens is 4. The number of aryl methyl sites for hydroxylation is 1. The third-order valence-corrected chi connectivity index (χ3v) is 3.47. The van der Waals surface area contributed by atoms with Crippen LogP contribution in [-0.2, 0) is 0 Å². The van der Waals surface area contributed by atoms with Crippen LogP contribution in [-0.4, -0.2) is 30.9 Å². The Morgan fingerprint density at radius 2 is 1.85 bits per heavy atom. The fourth-order valence-electron chi connectivity index (χ4n) is 1.61. The first-order chi connectivity index (χ1) is 9.65. The largest absolute Gasteiger partial charge is 0.478 e. The van der Waals surface area contributed by atoms with E-state index >= 15 is 0 Å². The maximum atomic E-state index is 10.8. The zero-order chi connectivity index (χ0) is 14.1. The number of rotatable bonds is 3. The predicted octanol–water partition coefficient (Wildman–Crippen LogP) is 2.26. The summed E-state index contributed by atoms with van der Waals surface area (Å²) >= 11 is 1.18. The molecule has 3 aromatic rings. The van der Waals surface area contributed by atoms with Crippen LogP contribution in [0.25, 0.3) is 22.2 Å². The molecule has 1 N–H and O–H groups in total. The summed E-state index contributed by atoms with van der Waals surface area (Å²) < 4.78 is 9.37. The molecule has 0 saturated carbocycles. The minimum Gasteiger partial charge on any atom is -0.478 e. The van der Waals surface area contributed by atoms with E-state index in [0.29, 0.717) is 17.3 Å². The lowest BCUT2D eigenvalue weighted by Gasteiger charge is -1.96. The molecule has 8 heteroatoms. The molecular formula is C12H8N4O3S. The monoisotopic (exact) mass is 288 g/mol. The quantitative estimate of drug-likeness (QED) is 0.788. The van der Waals surface area contributed by atoms with Crippen molar-refractivity contribution in [2.24, 2.45) is 0 Å². The van der Waals surface area contributed by atoms with E-state index < -0.39 is 5.97 Å². The summed E-state index contributed by atoms with van der Waals surface area (Å²) in [6, 6.07) is 6.22. The van der Waals surface area contributed by atoms with Crippen molar-refractivity contribution in [3.8, 4) is 22.2 Å². The second-order valence-electron chi connectivity index (χ2n) is 3.98. The second-order valence-corrected chi connectivity index (χ2v) is 4.74. The van der Waals surface area contributed by atoms with Gasteiger partial charge in [-0.3, -0.25) is 0 Å². The molecular weight excluding hydrogens is 280 g/mol. The third kappa shape index (κ3) is 2.16. The van der Waals surface area contributed by atoms with Gasteiger partial charge in [0.15, 0.2) is 0 Å². The van der Waals surface area contributed by atoms with Gasteiger partial charge in [0.2, 0.25) is 5.89 Å². The molecule has 2 aromatic heterocycles. The Kier molecular flexibility index (Phi) is 2.99. The van der Waals surface area contributed by atoms with Crippen LogP contribution < -0.4 is 0 Å². The van der Waals surface area contributed by atoms with E-state index in [1.165, 1.54) is 23.7 Å². The number of carboxylic acid groups (broad SMARTS) is 1. The molecule has 0 fully saturated rings. The second kappa shape index (κ2) is 4.82. The van der Waals surface area contributed by atoms with Crippen molar-refractivity contribution >= 4 is 17.5 Å². The van der Waals surface area contributed by atoms with Crippen LogP contribution in [0.5, 0.6) is 0 Å². The molecule has 0 saturated heterocycles. The lowest BCUT2D eigenvalue weighted by Crippen LogP contribution is -1.94. The van der Waals surface area contributed by atoms with Crippen molar-refractivity contribution in [2.45, 2.75) is 6.92 Å². The van der Waals surface area contributed by atoms with Crippen molar-refractivity contribution in [3.05, 3.63) is 35.5 Å². The normalized spacial score (nSPS) is 10.7. The van der Waals surface area contributed by atoms with Gasteiger partial charge in [-0.25, -0.2) is 4.79 Å². The van der Waals surface area contributed by atoms with Gasteiger partial charge in [0, 0.05) is 5.56 Å². The standard InChI is InChI=1S/C12H8N4O3S/c1-6-9(20-16-13-6)11-15-14-10(19-11)7-2-4-8(5-3-7)12(17)18/h2-5H,1H3,(H,17,18). The van der Waals surface area contributed by atoms with Gasteiger partial charge in [-0.1, -0.05) is 4.49 Å². The van der Waals surface area contributed by atoms with E-state index in [1.807, 2.05) is 6.92 Å². The number of benzene rings is 1. The van der Waals surface area contributed by atoms with Gasteiger partial charge in [0.1, 0.15) is 4.88 Å². The minimum absolute atomic E-state index is 0.205. The molecule has 0 aliphatic rings. The first-order valence-electron chi connectivity index (χ1n) is 5.61. The number of carboxylic acids is 1. The molecule has 0 bridgehead atoms. The van der Waals surface area contributed by atoms with Gasteiger partial charge in [0.05, 0.1) is 11.3 Å². The Morgan fingerprint density at radius 3 is 2.45 bits per heavy atom. The number of aromatic carboxylic acids is 1. The summed E-state index contributed by atoms with van der Waals surface area (Å²) in [5.41, 5.74) is 1.59. The highest BCUT2D eigenvalue weighted by Gasteiger charge is 2.15. The van der Waals surface area contributed by atoms with Gasteiger partial charge < -0.3 is 9.52 Å². The maximum Gasteiger partial charge on any atom is 0.335 e. The lowest BCUT2D eigenvalue weighted by molar-refractivity contribution is 0.0697. The highest BCUT2D eigenvalue weighted by atomic mass is 32.1. The van der Waals surface area contributed by atoms with Crippen molar-refractivity contribution < 1.29 is 14.3 Å². The molecule has 0 unspecified atom stereocenters.